The van der Waals surface area contributed by atoms with Gasteiger partial charge in [-0.3, -0.25) is 0 Å². The maximum absolute atomic E-state index is 5.63. The van der Waals surface area contributed by atoms with Gasteiger partial charge in [-0.25, -0.2) is 4.98 Å². The Morgan fingerprint density at radius 3 is 2.79 bits per heavy atom. The second-order valence-corrected chi connectivity index (χ2v) is 3.29. The van der Waals surface area contributed by atoms with E-state index in [1.165, 1.54) is 0 Å². The molecule has 0 aromatic carbocycles. The van der Waals surface area contributed by atoms with E-state index in [1.54, 1.807) is 13.3 Å². The molecule has 76 valence electrons. The maximum atomic E-state index is 5.63. The lowest BCUT2D eigenvalue weighted by Gasteiger charge is -2.10. The summed E-state index contributed by atoms with van der Waals surface area (Å²) in [5.41, 5.74) is 0. The molecule has 1 aliphatic rings. The number of nitrogens with one attached hydrogen (secondary N) is 1. The lowest BCUT2D eigenvalue weighted by atomic mass is 10.4. The predicted octanol–water partition coefficient (Wildman–Crippen LogP) is 1.67. The zero-order valence-electron chi connectivity index (χ0n) is 8.41. The molecule has 0 bridgehead atoms. The number of hydrogen-bond acceptors (Lipinski definition) is 4. The van der Waals surface area contributed by atoms with Gasteiger partial charge in [0.05, 0.1) is 19.4 Å². The summed E-state index contributed by atoms with van der Waals surface area (Å²) in [6.45, 7) is 0. The first-order valence-electron chi connectivity index (χ1n) is 4.72. The number of pyridine rings is 1. The number of methoxy groups -OCH3 is 1. The molecule has 14 heavy (non-hydrogen) atoms. The van der Waals surface area contributed by atoms with Gasteiger partial charge in [0.15, 0.2) is 11.5 Å². The van der Waals surface area contributed by atoms with Crippen molar-refractivity contribution in [3.8, 4) is 11.5 Å². The van der Waals surface area contributed by atoms with Crippen LogP contribution in [0.25, 0.3) is 0 Å². The van der Waals surface area contributed by atoms with Gasteiger partial charge in [0.2, 0.25) is 0 Å². The molecule has 0 aliphatic heterocycles. The molecule has 0 spiro atoms. The van der Waals surface area contributed by atoms with Gasteiger partial charge in [0, 0.05) is 13.1 Å². The topological polar surface area (TPSA) is 43.4 Å². The van der Waals surface area contributed by atoms with Crippen LogP contribution in [0.1, 0.15) is 12.8 Å². The summed E-state index contributed by atoms with van der Waals surface area (Å²) >= 11 is 0. The molecule has 1 aliphatic carbocycles. The zero-order chi connectivity index (χ0) is 9.97. The van der Waals surface area contributed by atoms with Gasteiger partial charge < -0.3 is 14.8 Å². The van der Waals surface area contributed by atoms with Crippen LogP contribution in [0.3, 0.4) is 0 Å². The van der Waals surface area contributed by atoms with E-state index < -0.39 is 0 Å². The zero-order valence-corrected chi connectivity index (χ0v) is 8.41. The Hall–Kier alpha value is -1.45. The molecule has 1 aromatic rings. The molecular formula is C10H14N2O2. The van der Waals surface area contributed by atoms with Crippen LogP contribution in [0.2, 0.25) is 0 Å². The third-order valence-corrected chi connectivity index (χ3v) is 2.13. The van der Waals surface area contributed by atoms with Gasteiger partial charge in [-0.1, -0.05) is 0 Å². The summed E-state index contributed by atoms with van der Waals surface area (Å²) in [6.07, 6.45) is 4.34. The van der Waals surface area contributed by atoms with Crippen molar-refractivity contribution in [3.05, 3.63) is 12.3 Å². The monoisotopic (exact) mass is 194 g/mol. The molecule has 0 radical (unpaired) electrons. The minimum absolute atomic E-state index is 0.367. The number of rotatable bonds is 4. The number of anilines is 1. The SMILES string of the molecule is CNc1cc(OC)c(OC2CC2)cn1. The molecule has 0 unspecified atom stereocenters. The molecule has 0 amide bonds. The van der Waals surface area contributed by atoms with Crippen LogP contribution in [0, 0.1) is 0 Å². The largest absolute Gasteiger partial charge is 0.493 e. The normalized spacial score (nSPS) is 15.0. The molecule has 1 fully saturated rings. The van der Waals surface area contributed by atoms with Gasteiger partial charge in [-0.2, -0.15) is 0 Å². The summed E-state index contributed by atoms with van der Waals surface area (Å²) < 4.78 is 10.8. The third-order valence-electron chi connectivity index (χ3n) is 2.13. The van der Waals surface area contributed by atoms with E-state index in [2.05, 4.69) is 10.3 Å². The Morgan fingerprint density at radius 2 is 2.21 bits per heavy atom. The van der Waals surface area contributed by atoms with Gasteiger partial charge >= 0.3 is 0 Å². The Morgan fingerprint density at radius 1 is 1.43 bits per heavy atom. The first-order valence-corrected chi connectivity index (χ1v) is 4.72. The fraction of sp³-hybridized carbons (Fsp3) is 0.500. The minimum Gasteiger partial charge on any atom is -0.493 e. The van der Waals surface area contributed by atoms with E-state index in [9.17, 15) is 0 Å². The van der Waals surface area contributed by atoms with Crippen molar-refractivity contribution in [2.75, 3.05) is 19.5 Å². The quantitative estimate of drug-likeness (QED) is 0.791. The molecular weight excluding hydrogens is 180 g/mol. The average molecular weight is 194 g/mol. The summed E-state index contributed by atoms with van der Waals surface area (Å²) in [5.74, 6) is 2.25. The molecule has 1 N–H and O–H groups in total. The van der Waals surface area contributed by atoms with Gasteiger partial charge in [0.25, 0.3) is 0 Å². The first kappa shape index (κ1) is 9.12. The third kappa shape index (κ3) is 1.89. The Labute approximate surface area is 83.2 Å². The molecule has 4 heteroatoms. The van der Waals surface area contributed by atoms with E-state index in [4.69, 9.17) is 9.47 Å². The van der Waals surface area contributed by atoms with E-state index in [-0.39, 0.29) is 0 Å². The highest BCUT2D eigenvalue weighted by molar-refractivity contribution is 5.48. The van der Waals surface area contributed by atoms with Gasteiger partial charge in [0.1, 0.15) is 5.82 Å². The number of aromatic nitrogens is 1. The van der Waals surface area contributed by atoms with Crippen molar-refractivity contribution >= 4 is 5.82 Å². The number of ether oxygens (including phenoxy) is 2. The number of nitrogens with zero attached hydrogens (tertiary/aromatic N) is 1. The minimum atomic E-state index is 0.367. The average Bonchev–Trinajstić information content (AvgIpc) is 3.02. The lowest BCUT2D eigenvalue weighted by Crippen LogP contribution is -2.00. The first-order chi connectivity index (χ1) is 6.83. The predicted molar refractivity (Wildman–Crippen MR) is 54.0 cm³/mol. The van der Waals surface area contributed by atoms with Crippen LogP contribution in [0.15, 0.2) is 12.3 Å². The second kappa shape index (κ2) is 3.74. The van der Waals surface area contributed by atoms with Crippen LogP contribution in [-0.4, -0.2) is 25.2 Å². The van der Waals surface area contributed by atoms with E-state index >= 15 is 0 Å². The molecule has 1 heterocycles. The highest BCUT2D eigenvalue weighted by Gasteiger charge is 2.25. The lowest BCUT2D eigenvalue weighted by molar-refractivity contribution is 0.281. The standard InChI is InChI=1S/C10H14N2O2/c1-11-10-5-8(13-2)9(6-12-10)14-7-3-4-7/h5-7H,3-4H2,1-2H3,(H,11,12). The Bertz CT molecular complexity index is 324. The summed E-state index contributed by atoms with van der Waals surface area (Å²) in [5, 5.41) is 2.95. The van der Waals surface area contributed by atoms with Crippen molar-refractivity contribution in [2.24, 2.45) is 0 Å². The van der Waals surface area contributed by atoms with Crippen LogP contribution in [-0.2, 0) is 0 Å². The van der Waals surface area contributed by atoms with Crippen molar-refractivity contribution in [3.63, 3.8) is 0 Å². The molecule has 4 nitrogen and oxygen atoms in total. The van der Waals surface area contributed by atoms with E-state index in [0.717, 1.165) is 30.2 Å². The summed E-state index contributed by atoms with van der Waals surface area (Å²) in [4.78, 5) is 4.17. The highest BCUT2D eigenvalue weighted by Crippen LogP contribution is 2.33. The van der Waals surface area contributed by atoms with Crippen LogP contribution in [0.5, 0.6) is 11.5 Å². The van der Waals surface area contributed by atoms with Crippen LogP contribution in [0.4, 0.5) is 5.82 Å². The van der Waals surface area contributed by atoms with Crippen LogP contribution < -0.4 is 14.8 Å². The number of hydrogen-bond donors (Lipinski definition) is 1. The smallest absolute Gasteiger partial charge is 0.179 e. The van der Waals surface area contributed by atoms with E-state index in [0.29, 0.717) is 6.10 Å². The fourth-order valence-corrected chi connectivity index (χ4v) is 1.17. The Balaban J connectivity index is 2.19. The molecule has 0 atom stereocenters. The fourth-order valence-electron chi connectivity index (χ4n) is 1.17. The molecule has 1 saturated carbocycles. The highest BCUT2D eigenvalue weighted by atomic mass is 16.5. The van der Waals surface area contributed by atoms with Crippen molar-refractivity contribution < 1.29 is 9.47 Å². The van der Waals surface area contributed by atoms with Crippen molar-refractivity contribution in [1.82, 2.24) is 4.98 Å². The van der Waals surface area contributed by atoms with Crippen molar-refractivity contribution in [2.45, 2.75) is 18.9 Å². The molecule has 0 saturated heterocycles. The van der Waals surface area contributed by atoms with Gasteiger partial charge in [-0.05, 0) is 12.8 Å². The maximum Gasteiger partial charge on any atom is 0.179 e. The Kier molecular flexibility index (Phi) is 2.43. The van der Waals surface area contributed by atoms with E-state index in [1.807, 2.05) is 13.1 Å². The van der Waals surface area contributed by atoms with Crippen molar-refractivity contribution in [1.29, 1.82) is 0 Å². The summed E-state index contributed by atoms with van der Waals surface area (Å²) in [7, 11) is 3.46. The molecule has 2 rings (SSSR count). The molecule has 1 aromatic heterocycles. The van der Waals surface area contributed by atoms with Crippen LogP contribution >= 0.6 is 0 Å². The van der Waals surface area contributed by atoms with Gasteiger partial charge in [-0.15, -0.1) is 0 Å². The summed E-state index contributed by atoms with van der Waals surface area (Å²) in [6, 6.07) is 1.83. The second-order valence-electron chi connectivity index (χ2n) is 3.29.